The van der Waals surface area contributed by atoms with E-state index in [1.54, 1.807) is 18.4 Å². The van der Waals surface area contributed by atoms with Crippen LogP contribution in [0.2, 0.25) is 0 Å². The molecule has 0 aliphatic carbocycles. The molecule has 0 saturated heterocycles. The lowest BCUT2D eigenvalue weighted by atomic mass is 10.1. The zero-order valence-corrected chi connectivity index (χ0v) is 18.5. The van der Waals surface area contributed by atoms with Gasteiger partial charge in [-0.25, -0.2) is 0 Å². The fraction of sp³-hybridized carbons (Fsp3) is 0.0714. The number of benzene rings is 4. The second kappa shape index (κ2) is 9.16. The third-order valence-corrected chi connectivity index (χ3v) is 6.37. The van der Waals surface area contributed by atoms with E-state index in [4.69, 9.17) is 14.2 Å². The lowest BCUT2D eigenvalue weighted by Gasteiger charge is -2.10. The highest BCUT2D eigenvalue weighted by atomic mass is 32.1. The summed E-state index contributed by atoms with van der Waals surface area (Å²) in [6.07, 6.45) is 0. The van der Waals surface area contributed by atoms with Crippen LogP contribution in [0.1, 0.15) is 5.56 Å². The maximum absolute atomic E-state index is 6.42. The molecule has 0 atom stereocenters. The molecular formula is C28H22O3S. The molecule has 0 fully saturated rings. The molecule has 158 valence electrons. The first-order valence-electron chi connectivity index (χ1n) is 10.4. The summed E-state index contributed by atoms with van der Waals surface area (Å²) >= 11 is 1.72. The van der Waals surface area contributed by atoms with Crippen LogP contribution in [0.5, 0.6) is 23.0 Å². The Hall–Kier alpha value is -3.76. The third kappa shape index (κ3) is 4.32. The van der Waals surface area contributed by atoms with Gasteiger partial charge in [0.2, 0.25) is 0 Å². The molecule has 0 aliphatic heterocycles. The molecule has 0 spiro atoms. The van der Waals surface area contributed by atoms with E-state index in [1.165, 1.54) is 4.70 Å². The Labute approximate surface area is 191 Å². The van der Waals surface area contributed by atoms with Gasteiger partial charge in [0.1, 0.15) is 23.9 Å². The fourth-order valence-electron chi connectivity index (χ4n) is 3.54. The smallest absolute Gasteiger partial charge is 0.153 e. The Kier molecular flexibility index (Phi) is 5.77. The Bertz CT molecular complexity index is 1320. The lowest BCUT2D eigenvalue weighted by molar-refractivity contribution is 0.306. The summed E-state index contributed by atoms with van der Waals surface area (Å²) in [6.45, 7) is 0.538. The number of fused-ring (bicyclic) bond motifs is 1. The van der Waals surface area contributed by atoms with Crippen LogP contribution in [0, 0.1) is 0 Å². The minimum atomic E-state index is 0.538. The molecule has 0 radical (unpaired) electrons. The maximum atomic E-state index is 6.42. The number of hydrogen-bond donors (Lipinski definition) is 0. The number of methoxy groups -OCH3 is 1. The van der Waals surface area contributed by atoms with E-state index in [2.05, 4.69) is 36.4 Å². The first-order chi connectivity index (χ1) is 15.8. The minimum absolute atomic E-state index is 0.538. The molecule has 0 N–H and O–H groups in total. The average molecular weight is 439 g/mol. The van der Waals surface area contributed by atoms with Crippen molar-refractivity contribution >= 4 is 21.4 Å². The highest BCUT2D eigenvalue weighted by Gasteiger charge is 2.16. The molecule has 4 heteroatoms. The highest BCUT2D eigenvalue weighted by molar-refractivity contribution is 7.22. The molecule has 0 bridgehead atoms. The van der Waals surface area contributed by atoms with Crippen LogP contribution in [-0.2, 0) is 6.61 Å². The van der Waals surface area contributed by atoms with Crippen LogP contribution in [0.4, 0.5) is 0 Å². The Morgan fingerprint density at radius 3 is 2.25 bits per heavy atom. The van der Waals surface area contributed by atoms with Crippen molar-refractivity contribution in [3.05, 3.63) is 109 Å². The molecule has 1 heterocycles. The van der Waals surface area contributed by atoms with Gasteiger partial charge < -0.3 is 14.2 Å². The summed E-state index contributed by atoms with van der Waals surface area (Å²) < 4.78 is 18.9. The summed E-state index contributed by atoms with van der Waals surface area (Å²) in [5.41, 5.74) is 2.21. The van der Waals surface area contributed by atoms with Crippen molar-refractivity contribution in [3.8, 4) is 33.4 Å². The standard InChI is InChI=1S/C28H22O3S/c1-29-24-11-7-10-21(18-24)28-27(25-12-5-6-13-26(25)32-28)31-23-16-14-22(15-17-23)30-19-20-8-3-2-4-9-20/h2-18H,19H2,1H3. The predicted molar refractivity (Wildman–Crippen MR) is 131 cm³/mol. The van der Waals surface area contributed by atoms with Gasteiger partial charge in [0, 0.05) is 10.1 Å². The van der Waals surface area contributed by atoms with Crippen molar-refractivity contribution in [3.63, 3.8) is 0 Å². The van der Waals surface area contributed by atoms with Crippen LogP contribution in [0.15, 0.2) is 103 Å². The monoisotopic (exact) mass is 438 g/mol. The quantitative estimate of drug-likeness (QED) is 0.258. The normalized spacial score (nSPS) is 10.8. The van der Waals surface area contributed by atoms with Gasteiger partial charge in [-0.3, -0.25) is 0 Å². The Morgan fingerprint density at radius 1 is 0.688 bits per heavy atom. The topological polar surface area (TPSA) is 27.7 Å². The van der Waals surface area contributed by atoms with Gasteiger partial charge in [-0.2, -0.15) is 0 Å². The van der Waals surface area contributed by atoms with E-state index in [-0.39, 0.29) is 0 Å². The number of thiophene rings is 1. The van der Waals surface area contributed by atoms with Crippen molar-refractivity contribution in [2.24, 2.45) is 0 Å². The first kappa shape index (κ1) is 20.2. The summed E-state index contributed by atoms with van der Waals surface area (Å²) in [4.78, 5) is 1.08. The van der Waals surface area contributed by atoms with E-state index in [0.29, 0.717) is 6.61 Å². The molecule has 0 saturated carbocycles. The molecule has 0 unspecified atom stereocenters. The lowest BCUT2D eigenvalue weighted by Crippen LogP contribution is -1.94. The van der Waals surface area contributed by atoms with Crippen LogP contribution in [0.25, 0.3) is 20.5 Å². The molecule has 3 nitrogen and oxygen atoms in total. The Balaban J connectivity index is 1.42. The average Bonchev–Trinajstić information content (AvgIpc) is 3.23. The zero-order chi connectivity index (χ0) is 21.8. The molecule has 4 aromatic carbocycles. The molecule has 5 aromatic rings. The van der Waals surface area contributed by atoms with Crippen molar-refractivity contribution in [2.75, 3.05) is 7.11 Å². The van der Waals surface area contributed by atoms with Gasteiger partial charge >= 0.3 is 0 Å². The Morgan fingerprint density at radius 2 is 1.44 bits per heavy atom. The van der Waals surface area contributed by atoms with Gasteiger partial charge in [0.15, 0.2) is 5.75 Å². The van der Waals surface area contributed by atoms with Gasteiger partial charge in [-0.05, 0) is 59.7 Å². The molecule has 0 amide bonds. The van der Waals surface area contributed by atoms with Gasteiger partial charge in [0.25, 0.3) is 0 Å². The van der Waals surface area contributed by atoms with Crippen molar-refractivity contribution < 1.29 is 14.2 Å². The zero-order valence-electron chi connectivity index (χ0n) is 17.7. The van der Waals surface area contributed by atoms with E-state index in [1.807, 2.05) is 66.7 Å². The van der Waals surface area contributed by atoms with Crippen LogP contribution < -0.4 is 14.2 Å². The van der Waals surface area contributed by atoms with E-state index in [9.17, 15) is 0 Å². The molecule has 1 aromatic heterocycles. The second-order valence-electron chi connectivity index (χ2n) is 7.34. The van der Waals surface area contributed by atoms with Crippen molar-refractivity contribution in [2.45, 2.75) is 6.61 Å². The third-order valence-electron chi connectivity index (χ3n) is 5.17. The largest absolute Gasteiger partial charge is 0.497 e. The molecule has 0 aliphatic rings. The van der Waals surface area contributed by atoms with Gasteiger partial charge in [0.05, 0.1) is 12.0 Å². The SMILES string of the molecule is COc1cccc(-c2sc3ccccc3c2Oc2ccc(OCc3ccccc3)cc2)c1. The van der Waals surface area contributed by atoms with E-state index >= 15 is 0 Å². The van der Waals surface area contributed by atoms with Crippen LogP contribution >= 0.6 is 11.3 Å². The van der Waals surface area contributed by atoms with E-state index < -0.39 is 0 Å². The van der Waals surface area contributed by atoms with Gasteiger partial charge in [-0.15, -0.1) is 11.3 Å². The fourth-order valence-corrected chi connectivity index (χ4v) is 4.67. The molecule has 5 rings (SSSR count). The van der Waals surface area contributed by atoms with Gasteiger partial charge in [-0.1, -0.05) is 54.6 Å². The van der Waals surface area contributed by atoms with Crippen LogP contribution in [-0.4, -0.2) is 7.11 Å². The summed E-state index contributed by atoms with van der Waals surface area (Å²) in [5.74, 6) is 3.26. The molecular weight excluding hydrogens is 416 g/mol. The maximum Gasteiger partial charge on any atom is 0.153 e. The minimum Gasteiger partial charge on any atom is -0.497 e. The van der Waals surface area contributed by atoms with E-state index in [0.717, 1.165) is 44.4 Å². The number of rotatable bonds is 7. The number of hydrogen-bond acceptors (Lipinski definition) is 4. The summed E-state index contributed by atoms with van der Waals surface area (Å²) in [6, 6.07) is 34.3. The van der Waals surface area contributed by atoms with Crippen LogP contribution in [0.3, 0.4) is 0 Å². The summed E-state index contributed by atoms with van der Waals surface area (Å²) in [7, 11) is 1.68. The molecule has 32 heavy (non-hydrogen) atoms. The second-order valence-corrected chi connectivity index (χ2v) is 8.39. The van der Waals surface area contributed by atoms with Crippen molar-refractivity contribution in [1.82, 2.24) is 0 Å². The van der Waals surface area contributed by atoms with Crippen molar-refractivity contribution in [1.29, 1.82) is 0 Å². The highest BCUT2D eigenvalue weighted by Crippen LogP contribution is 2.46. The predicted octanol–water partition coefficient (Wildman–Crippen LogP) is 7.95. The summed E-state index contributed by atoms with van der Waals surface area (Å²) in [5, 5.41) is 1.10. The first-order valence-corrected chi connectivity index (χ1v) is 11.2. The number of ether oxygens (including phenoxy) is 3.